The number of ether oxygens (including phenoxy) is 1. The van der Waals surface area contributed by atoms with E-state index in [1.165, 1.54) is 16.8 Å². The van der Waals surface area contributed by atoms with Crippen molar-refractivity contribution in [3.63, 3.8) is 0 Å². The third-order valence-electron chi connectivity index (χ3n) is 7.31. The fourth-order valence-corrected chi connectivity index (χ4v) is 5.10. The molecule has 3 aromatic rings. The second-order valence-electron chi connectivity index (χ2n) is 9.73. The maximum atomic E-state index is 13.2. The SMILES string of the molecule is CCc1ccc(Oc2cc(N3CCC(C(=O)N4CCN(c5cccc(C)c5)CC4)CC3)ncn2)cc1. The molecule has 2 aliphatic heterocycles. The van der Waals surface area contributed by atoms with Crippen molar-refractivity contribution in [1.29, 1.82) is 0 Å². The highest BCUT2D eigenvalue weighted by molar-refractivity contribution is 5.79. The first kappa shape index (κ1) is 24.1. The van der Waals surface area contributed by atoms with Crippen LogP contribution in [0.25, 0.3) is 0 Å². The van der Waals surface area contributed by atoms with Crippen LogP contribution < -0.4 is 14.5 Å². The van der Waals surface area contributed by atoms with Gasteiger partial charge < -0.3 is 19.4 Å². The van der Waals surface area contributed by atoms with Gasteiger partial charge in [0.1, 0.15) is 17.9 Å². The van der Waals surface area contributed by atoms with E-state index in [0.717, 1.165) is 70.1 Å². The van der Waals surface area contributed by atoms with Crippen LogP contribution in [0.2, 0.25) is 0 Å². The lowest BCUT2D eigenvalue weighted by atomic mass is 9.95. The molecule has 0 N–H and O–H groups in total. The van der Waals surface area contributed by atoms with Gasteiger partial charge in [0.15, 0.2) is 0 Å². The largest absolute Gasteiger partial charge is 0.439 e. The van der Waals surface area contributed by atoms with Crippen molar-refractivity contribution >= 4 is 17.4 Å². The summed E-state index contributed by atoms with van der Waals surface area (Å²) < 4.78 is 5.95. The van der Waals surface area contributed by atoms with Gasteiger partial charge in [0, 0.05) is 56.9 Å². The van der Waals surface area contributed by atoms with E-state index in [0.29, 0.717) is 11.8 Å². The number of aromatic nitrogens is 2. The molecule has 5 rings (SSSR count). The molecule has 0 saturated carbocycles. The van der Waals surface area contributed by atoms with Gasteiger partial charge in [-0.2, -0.15) is 0 Å². The van der Waals surface area contributed by atoms with E-state index in [4.69, 9.17) is 4.74 Å². The van der Waals surface area contributed by atoms with Crippen molar-refractivity contribution in [3.05, 3.63) is 72.1 Å². The number of rotatable bonds is 6. The molecule has 0 aliphatic carbocycles. The van der Waals surface area contributed by atoms with Crippen molar-refractivity contribution in [2.45, 2.75) is 33.1 Å². The zero-order chi connectivity index (χ0) is 24.9. The first-order valence-electron chi connectivity index (χ1n) is 13.0. The zero-order valence-corrected chi connectivity index (χ0v) is 21.3. The van der Waals surface area contributed by atoms with Crippen LogP contribution in [-0.2, 0) is 11.2 Å². The molecule has 2 saturated heterocycles. The highest BCUT2D eigenvalue weighted by atomic mass is 16.5. The molecule has 0 atom stereocenters. The third-order valence-corrected chi connectivity index (χ3v) is 7.31. The maximum absolute atomic E-state index is 13.2. The number of aryl methyl sites for hydroxylation is 2. The number of amides is 1. The predicted octanol–water partition coefficient (Wildman–Crippen LogP) is 4.70. The third kappa shape index (κ3) is 5.61. The molecule has 2 fully saturated rings. The van der Waals surface area contributed by atoms with Crippen LogP contribution in [-0.4, -0.2) is 60.0 Å². The molecule has 2 aliphatic rings. The Morgan fingerprint density at radius 3 is 2.36 bits per heavy atom. The van der Waals surface area contributed by atoms with Gasteiger partial charge in [-0.25, -0.2) is 9.97 Å². The molecule has 0 bridgehead atoms. The van der Waals surface area contributed by atoms with Gasteiger partial charge in [-0.1, -0.05) is 31.2 Å². The summed E-state index contributed by atoms with van der Waals surface area (Å²) in [4.78, 5) is 28.7. The predicted molar refractivity (Wildman–Crippen MR) is 143 cm³/mol. The minimum Gasteiger partial charge on any atom is -0.439 e. The van der Waals surface area contributed by atoms with E-state index < -0.39 is 0 Å². The smallest absolute Gasteiger partial charge is 0.225 e. The second-order valence-corrected chi connectivity index (χ2v) is 9.73. The monoisotopic (exact) mass is 485 g/mol. The van der Waals surface area contributed by atoms with Crippen LogP contribution >= 0.6 is 0 Å². The van der Waals surface area contributed by atoms with Crippen molar-refractivity contribution in [1.82, 2.24) is 14.9 Å². The number of piperazine rings is 1. The number of anilines is 2. The number of piperidine rings is 1. The Balaban J connectivity index is 1.12. The van der Waals surface area contributed by atoms with Crippen LogP contribution in [0.1, 0.15) is 30.9 Å². The number of benzene rings is 2. The molecule has 0 radical (unpaired) electrons. The van der Waals surface area contributed by atoms with Gasteiger partial charge in [0.2, 0.25) is 11.8 Å². The Labute approximate surface area is 213 Å². The average Bonchev–Trinajstić information content (AvgIpc) is 2.93. The normalized spacial score (nSPS) is 16.8. The maximum Gasteiger partial charge on any atom is 0.225 e. The minimum atomic E-state index is 0.0846. The molecular formula is C29H35N5O2. The van der Waals surface area contributed by atoms with Crippen LogP contribution in [0.5, 0.6) is 11.6 Å². The van der Waals surface area contributed by atoms with E-state index in [9.17, 15) is 4.79 Å². The Morgan fingerprint density at radius 1 is 0.917 bits per heavy atom. The Morgan fingerprint density at radius 2 is 1.67 bits per heavy atom. The van der Waals surface area contributed by atoms with Crippen LogP contribution in [0.4, 0.5) is 11.5 Å². The quantitative estimate of drug-likeness (QED) is 0.504. The summed E-state index contributed by atoms with van der Waals surface area (Å²) in [6, 6.07) is 18.6. The standard InChI is InChI=1S/C29H35N5O2/c1-3-23-7-9-26(10-8-23)36-28-20-27(30-21-31-28)33-13-11-24(12-14-33)29(35)34-17-15-32(16-18-34)25-6-4-5-22(2)19-25/h4-10,19-21,24H,3,11-18H2,1-2H3. The first-order valence-corrected chi connectivity index (χ1v) is 13.0. The minimum absolute atomic E-state index is 0.0846. The molecule has 0 spiro atoms. The Kier molecular flexibility index (Phi) is 7.35. The number of carbonyl (C=O) groups excluding carboxylic acids is 1. The number of carbonyl (C=O) groups is 1. The zero-order valence-electron chi connectivity index (χ0n) is 21.3. The Bertz CT molecular complexity index is 1170. The fourth-order valence-electron chi connectivity index (χ4n) is 5.10. The number of hydrogen-bond donors (Lipinski definition) is 0. The van der Waals surface area contributed by atoms with Gasteiger partial charge in [-0.15, -0.1) is 0 Å². The lowest BCUT2D eigenvalue weighted by Crippen LogP contribution is -2.51. The summed E-state index contributed by atoms with van der Waals surface area (Å²) in [6.07, 6.45) is 4.24. The molecule has 1 aromatic heterocycles. The average molecular weight is 486 g/mol. The molecule has 7 heteroatoms. The highest BCUT2D eigenvalue weighted by Crippen LogP contribution is 2.27. The van der Waals surface area contributed by atoms with Crippen molar-refractivity contribution in [2.75, 3.05) is 49.1 Å². The van der Waals surface area contributed by atoms with Crippen molar-refractivity contribution < 1.29 is 9.53 Å². The molecule has 1 amide bonds. The van der Waals surface area contributed by atoms with E-state index in [-0.39, 0.29) is 5.92 Å². The van der Waals surface area contributed by atoms with E-state index in [1.807, 2.05) is 18.2 Å². The number of hydrogen-bond acceptors (Lipinski definition) is 6. The van der Waals surface area contributed by atoms with E-state index in [1.54, 1.807) is 6.33 Å². The molecule has 7 nitrogen and oxygen atoms in total. The van der Waals surface area contributed by atoms with Gasteiger partial charge in [-0.05, 0) is 61.6 Å². The number of nitrogens with zero attached hydrogens (tertiary/aromatic N) is 5. The second kappa shape index (κ2) is 11.0. The van der Waals surface area contributed by atoms with Gasteiger partial charge >= 0.3 is 0 Å². The van der Waals surface area contributed by atoms with Crippen LogP contribution in [0.15, 0.2) is 60.9 Å². The summed E-state index contributed by atoms with van der Waals surface area (Å²) in [5.74, 6) is 2.54. The summed E-state index contributed by atoms with van der Waals surface area (Å²) in [5.41, 5.74) is 3.80. The highest BCUT2D eigenvalue weighted by Gasteiger charge is 2.31. The summed E-state index contributed by atoms with van der Waals surface area (Å²) in [6.45, 7) is 9.23. The molecule has 0 unspecified atom stereocenters. The first-order chi connectivity index (χ1) is 17.6. The summed E-state index contributed by atoms with van der Waals surface area (Å²) in [5, 5.41) is 0. The topological polar surface area (TPSA) is 61.8 Å². The molecule has 188 valence electrons. The lowest BCUT2D eigenvalue weighted by Gasteiger charge is -2.39. The van der Waals surface area contributed by atoms with Crippen LogP contribution in [0.3, 0.4) is 0 Å². The summed E-state index contributed by atoms with van der Waals surface area (Å²) in [7, 11) is 0. The molecular weight excluding hydrogens is 450 g/mol. The lowest BCUT2D eigenvalue weighted by molar-refractivity contribution is -0.136. The van der Waals surface area contributed by atoms with Gasteiger partial charge in [0.25, 0.3) is 0 Å². The van der Waals surface area contributed by atoms with E-state index in [2.05, 4.69) is 74.9 Å². The molecule has 2 aromatic carbocycles. The van der Waals surface area contributed by atoms with Crippen molar-refractivity contribution in [3.8, 4) is 11.6 Å². The molecule has 3 heterocycles. The Hall–Kier alpha value is -3.61. The van der Waals surface area contributed by atoms with Crippen LogP contribution in [0, 0.1) is 12.8 Å². The fraction of sp³-hybridized carbons (Fsp3) is 0.414. The van der Waals surface area contributed by atoms with Gasteiger partial charge in [-0.3, -0.25) is 4.79 Å². The molecule has 36 heavy (non-hydrogen) atoms. The summed E-state index contributed by atoms with van der Waals surface area (Å²) >= 11 is 0. The van der Waals surface area contributed by atoms with Crippen molar-refractivity contribution in [2.24, 2.45) is 5.92 Å². The van der Waals surface area contributed by atoms with Gasteiger partial charge in [0.05, 0.1) is 0 Å². The van der Waals surface area contributed by atoms with E-state index >= 15 is 0 Å².